The molecular weight excluding hydrogens is 402 g/mol. The quantitative estimate of drug-likeness (QED) is 0.682. The van der Waals surface area contributed by atoms with E-state index in [1.807, 2.05) is 48.5 Å². The van der Waals surface area contributed by atoms with Crippen LogP contribution in [0, 0.1) is 11.3 Å². The molecule has 174 valence electrons. The van der Waals surface area contributed by atoms with Crippen molar-refractivity contribution in [3.63, 3.8) is 0 Å². The van der Waals surface area contributed by atoms with Gasteiger partial charge in [0.25, 0.3) is 0 Å². The molecule has 1 saturated carbocycles. The first-order chi connectivity index (χ1) is 15.3. The minimum absolute atomic E-state index is 0.00313. The minimum atomic E-state index is -0.00313. The van der Waals surface area contributed by atoms with Crippen molar-refractivity contribution in [2.45, 2.75) is 52.2 Å². The molecule has 1 aliphatic carbocycles. The molecule has 4 rings (SSSR count). The molecule has 2 fully saturated rings. The van der Waals surface area contributed by atoms with Crippen LogP contribution in [-0.4, -0.2) is 58.4 Å². The summed E-state index contributed by atoms with van der Waals surface area (Å²) in [4.78, 5) is 17.7. The SMILES string of the molecule is CC(C)COc1ccc(CN(Cc2ccn(C)n2)C(=O)NC2CCN(C)CC23CC3)cc1. The number of aryl methyl sites for hydroxylation is 1. The van der Waals surface area contributed by atoms with Crippen LogP contribution in [0.4, 0.5) is 4.79 Å². The number of aromatic nitrogens is 2. The molecule has 0 radical (unpaired) electrons. The van der Waals surface area contributed by atoms with Crippen molar-refractivity contribution in [2.75, 3.05) is 26.7 Å². The average molecular weight is 440 g/mol. The molecule has 1 aromatic heterocycles. The summed E-state index contributed by atoms with van der Waals surface area (Å²) in [6, 6.07) is 10.3. The molecule has 1 N–H and O–H groups in total. The van der Waals surface area contributed by atoms with Crippen molar-refractivity contribution in [3.8, 4) is 5.75 Å². The van der Waals surface area contributed by atoms with E-state index >= 15 is 0 Å². The van der Waals surface area contributed by atoms with E-state index in [1.54, 1.807) is 4.68 Å². The highest BCUT2D eigenvalue weighted by Crippen LogP contribution is 2.51. The van der Waals surface area contributed by atoms with E-state index in [-0.39, 0.29) is 17.5 Å². The first-order valence-corrected chi connectivity index (χ1v) is 11.8. The Morgan fingerprint density at radius 1 is 1.22 bits per heavy atom. The molecule has 1 aromatic carbocycles. The van der Waals surface area contributed by atoms with Gasteiger partial charge >= 0.3 is 6.03 Å². The van der Waals surface area contributed by atoms with Crippen molar-refractivity contribution in [2.24, 2.45) is 18.4 Å². The lowest BCUT2D eigenvalue weighted by Gasteiger charge is -2.38. The summed E-state index contributed by atoms with van der Waals surface area (Å²) >= 11 is 0. The van der Waals surface area contributed by atoms with Gasteiger partial charge in [0, 0.05) is 37.8 Å². The number of hydrogen-bond acceptors (Lipinski definition) is 4. The summed E-state index contributed by atoms with van der Waals surface area (Å²) < 4.78 is 7.58. The summed E-state index contributed by atoms with van der Waals surface area (Å²) in [6.45, 7) is 8.11. The van der Waals surface area contributed by atoms with Gasteiger partial charge in [-0.1, -0.05) is 26.0 Å². The molecule has 32 heavy (non-hydrogen) atoms. The maximum atomic E-state index is 13.4. The van der Waals surface area contributed by atoms with Gasteiger partial charge in [0.1, 0.15) is 5.75 Å². The molecule has 7 heteroatoms. The number of likely N-dealkylation sites (tertiary alicyclic amines) is 1. The van der Waals surface area contributed by atoms with E-state index in [0.717, 1.165) is 36.5 Å². The summed E-state index contributed by atoms with van der Waals surface area (Å²) in [5, 5.41) is 7.88. The van der Waals surface area contributed by atoms with Crippen LogP contribution in [0.3, 0.4) is 0 Å². The Morgan fingerprint density at radius 2 is 1.97 bits per heavy atom. The van der Waals surface area contributed by atoms with Crippen LogP contribution in [-0.2, 0) is 20.1 Å². The van der Waals surface area contributed by atoms with Gasteiger partial charge in [-0.3, -0.25) is 4.68 Å². The Balaban J connectivity index is 1.44. The second-order valence-corrected chi connectivity index (χ2v) is 10.1. The zero-order valence-corrected chi connectivity index (χ0v) is 19.9. The Morgan fingerprint density at radius 3 is 2.59 bits per heavy atom. The maximum absolute atomic E-state index is 13.4. The van der Waals surface area contributed by atoms with Crippen LogP contribution in [0.1, 0.15) is 44.4 Å². The predicted octanol–water partition coefficient (Wildman–Crippen LogP) is 3.65. The lowest BCUT2D eigenvalue weighted by atomic mass is 9.89. The number of carbonyl (C=O) groups is 1. The van der Waals surface area contributed by atoms with Crippen molar-refractivity contribution in [1.29, 1.82) is 0 Å². The van der Waals surface area contributed by atoms with E-state index in [9.17, 15) is 4.79 Å². The molecular formula is C25H37N5O2. The highest BCUT2D eigenvalue weighted by Gasteiger charge is 2.52. The van der Waals surface area contributed by atoms with E-state index in [0.29, 0.717) is 25.6 Å². The second kappa shape index (κ2) is 9.53. The van der Waals surface area contributed by atoms with E-state index in [4.69, 9.17) is 4.74 Å². The Bertz CT molecular complexity index is 903. The molecule has 7 nitrogen and oxygen atoms in total. The van der Waals surface area contributed by atoms with Gasteiger partial charge in [0.15, 0.2) is 0 Å². The smallest absolute Gasteiger partial charge is 0.318 e. The number of urea groups is 1. The van der Waals surface area contributed by atoms with Gasteiger partial charge < -0.3 is 19.9 Å². The largest absolute Gasteiger partial charge is 0.493 e. The third-order valence-electron chi connectivity index (χ3n) is 6.60. The zero-order valence-electron chi connectivity index (χ0n) is 19.9. The van der Waals surface area contributed by atoms with E-state index < -0.39 is 0 Å². The summed E-state index contributed by atoms with van der Waals surface area (Å²) in [6.07, 6.45) is 5.35. The molecule has 2 aromatic rings. The summed E-state index contributed by atoms with van der Waals surface area (Å²) in [7, 11) is 4.08. The number of nitrogens with zero attached hydrogens (tertiary/aromatic N) is 4. The van der Waals surface area contributed by atoms with Crippen molar-refractivity contribution in [3.05, 3.63) is 47.8 Å². The van der Waals surface area contributed by atoms with Crippen molar-refractivity contribution < 1.29 is 9.53 Å². The first-order valence-electron chi connectivity index (χ1n) is 11.8. The molecule has 0 bridgehead atoms. The lowest BCUT2D eigenvalue weighted by Crippen LogP contribution is -2.54. The topological polar surface area (TPSA) is 62.6 Å². The average Bonchev–Trinajstić information content (AvgIpc) is 3.40. The minimum Gasteiger partial charge on any atom is -0.493 e. The van der Waals surface area contributed by atoms with Gasteiger partial charge in [-0.25, -0.2) is 4.79 Å². The van der Waals surface area contributed by atoms with Gasteiger partial charge in [0.05, 0.1) is 18.8 Å². The number of amides is 2. The molecule has 1 saturated heterocycles. The molecule has 1 atom stereocenters. The van der Waals surface area contributed by atoms with E-state index in [2.05, 4.69) is 36.2 Å². The Kier molecular flexibility index (Phi) is 6.74. The third kappa shape index (κ3) is 5.63. The number of benzene rings is 1. The summed E-state index contributed by atoms with van der Waals surface area (Å²) in [5.74, 6) is 1.35. The fourth-order valence-corrected chi connectivity index (χ4v) is 4.63. The van der Waals surface area contributed by atoms with Gasteiger partial charge in [-0.2, -0.15) is 5.10 Å². The third-order valence-corrected chi connectivity index (χ3v) is 6.60. The Hall–Kier alpha value is -2.54. The molecule has 1 unspecified atom stereocenters. The van der Waals surface area contributed by atoms with Crippen LogP contribution >= 0.6 is 0 Å². The molecule has 2 heterocycles. The fourth-order valence-electron chi connectivity index (χ4n) is 4.63. The molecule has 1 spiro atoms. The van der Waals surface area contributed by atoms with E-state index in [1.165, 1.54) is 12.8 Å². The van der Waals surface area contributed by atoms with Gasteiger partial charge in [-0.15, -0.1) is 0 Å². The highest BCUT2D eigenvalue weighted by atomic mass is 16.5. The Labute approximate surface area is 191 Å². The number of piperidine rings is 1. The van der Waals surface area contributed by atoms with Crippen LogP contribution in [0.2, 0.25) is 0 Å². The van der Waals surface area contributed by atoms with Crippen molar-refractivity contribution in [1.82, 2.24) is 24.9 Å². The van der Waals surface area contributed by atoms with Crippen LogP contribution in [0.15, 0.2) is 36.5 Å². The second-order valence-electron chi connectivity index (χ2n) is 10.1. The van der Waals surface area contributed by atoms with Crippen LogP contribution < -0.4 is 10.1 Å². The predicted molar refractivity (Wildman–Crippen MR) is 125 cm³/mol. The zero-order chi connectivity index (χ0) is 22.7. The van der Waals surface area contributed by atoms with Crippen LogP contribution in [0.25, 0.3) is 0 Å². The van der Waals surface area contributed by atoms with Gasteiger partial charge in [0.2, 0.25) is 0 Å². The number of carbonyl (C=O) groups excluding carboxylic acids is 1. The number of nitrogens with one attached hydrogen (secondary N) is 1. The van der Waals surface area contributed by atoms with Crippen molar-refractivity contribution >= 4 is 6.03 Å². The molecule has 2 amide bonds. The lowest BCUT2D eigenvalue weighted by molar-refractivity contribution is 0.134. The monoisotopic (exact) mass is 439 g/mol. The standard InChI is InChI=1S/C25H37N5O2/c1-19(2)17-32-22-7-5-20(6-8-22)15-30(16-21-9-14-29(4)27-21)24(31)26-23-10-13-28(3)18-25(23)11-12-25/h5-9,14,19,23H,10-13,15-18H2,1-4H3,(H,26,31). The number of ether oxygens (including phenoxy) is 1. The van der Waals surface area contributed by atoms with Crippen LogP contribution in [0.5, 0.6) is 5.75 Å². The molecule has 1 aliphatic heterocycles. The maximum Gasteiger partial charge on any atom is 0.318 e. The number of rotatable bonds is 8. The normalized spacial score (nSPS) is 19.8. The summed E-state index contributed by atoms with van der Waals surface area (Å²) in [5.41, 5.74) is 2.25. The first kappa shape index (κ1) is 22.6. The fraction of sp³-hybridized carbons (Fsp3) is 0.600. The highest BCUT2D eigenvalue weighted by molar-refractivity contribution is 5.74. The van der Waals surface area contributed by atoms with Gasteiger partial charge in [-0.05, 0) is 62.5 Å². The number of hydrogen-bond donors (Lipinski definition) is 1. The molecule has 2 aliphatic rings.